The van der Waals surface area contributed by atoms with Gasteiger partial charge in [0.1, 0.15) is 5.75 Å². The molecule has 0 bridgehead atoms. The Labute approximate surface area is 123 Å². The lowest BCUT2D eigenvalue weighted by Gasteiger charge is -2.08. The van der Waals surface area contributed by atoms with Crippen molar-refractivity contribution in [2.45, 2.75) is 13.1 Å². The number of benzene rings is 1. The number of ether oxygens (including phenoxy) is 2. The Hall–Kier alpha value is -1.78. The fourth-order valence-corrected chi connectivity index (χ4v) is 2.12. The first-order valence-electron chi connectivity index (χ1n) is 6.25. The van der Waals surface area contributed by atoms with Crippen molar-refractivity contribution in [1.29, 1.82) is 0 Å². The van der Waals surface area contributed by atoms with Gasteiger partial charge in [-0.25, -0.2) is 4.98 Å². The van der Waals surface area contributed by atoms with Crippen LogP contribution in [0.2, 0.25) is 5.02 Å². The molecule has 1 aromatic heterocycles. The van der Waals surface area contributed by atoms with Gasteiger partial charge in [-0.1, -0.05) is 17.7 Å². The third-order valence-corrected chi connectivity index (χ3v) is 3.18. The van der Waals surface area contributed by atoms with Gasteiger partial charge in [-0.2, -0.15) is 0 Å². The van der Waals surface area contributed by atoms with Gasteiger partial charge in [0.2, 0.25) is 5.88 Å². The first kappa shape index (κ1) is 14.6. The summed E-state index contributed by atoms with van der Waals surface area (Å²) in [5, 5.41) is 3.97. The second-order valence-corrected chi connectivity index (χ2v) is 4.69. The summed E-state index contributed by atoms with van der Waals surface area (Å²) >= 11 is 6.09. The van der Waals surface area contributed by atoms with Crippen LogP contribution in [-0.4, -0.2) is 19.2 Å². The minimum atomic E-state index is 0.622. The highest BCUT2D eigenvalue weighted by atomic mass is 35.5. The molecule has 0 saturated heterocycles. The highest BCUT2D eigenvalue weighted by Crippen LogP contribution is 2.24. The maximum Gasteiger partial charge on any atom is 0.213 e. The van der Waals surface area contributed by atoms with Crippen molar-refractivity contribution in [3.63, 3.8) is 0 Å². The van der Waals surface area contributed by atoms with E-state index < -0.39 is 0 Å². The molecule has 0 aliphatic carbocycles. The standard InChI is InChI=1S/C15H17ClN2O2/c1-19-14-4-3-11(7-13(14)16)9-17-10-12-5-6-18-15(8-12)20-2/h3-8,17H,9-10H2,1-2H3. The third kappa shape index (κ3) is 3.85. The lowest BCUT2D eigenvalue weighted by Crippen LogP contribution is -2.12. The van der Waals surface area contributed by atoms with Gasteiger partial charge in [0.25, 0.3) is 0 Å². The predicted molar refractivity (Wildman–Crippen MR) is 79.3 cm³/mol. The van der Waals surface area contributed by atoms with Crippen LogP contribution in [0.15, 0.2) is 36.5 Å². The maximum absolute atomic E-state index is 6.09. The van der Waals surface area contributed by atoms with Crippen LogP contribution in [0.5, 0.6) is 11.6 Å². The van der Waals surface area contributed by atoms with Crippen LogP contribution < -0.4 is 14.8 Å². The summed E-state index contributed by atoms with van der Waals surface area (Å²) in [5.74, 6) is 1.31. The van der Waals surface area contributed by atoms with Gasteiger partial charge in [-0.05, 0) is 29.3 Å². The zero-order chi connectivity index (χ0) is 14.4. The summed E-state index contributed by atoms with van der Waals surface area (Å²) in [4.78, 5) is 4.07. The molecule has 0 atom stereocenters. The number of halogens is 1. The molecular weight excluding hydrogens is 276 g/mol. The number of hydrogen-bond acceptors (Lipinski definition) is 4. The summed E-state index contributed by atoms with van der Waals surface area (Å²) in [7, 11) is 3.22. The van der Waals surface area contributed by atoms with Gasteiger partial charge in [-0.15, -0.1) is 0 Å². The summed E-state index contributed by atoms with van der Waals surface area (Å²) in [5.41, 5.74) is 2.23. The zero-order valence-electron chi connectivity index (χ0n) is 11.5. The third-order valence-electron chi connectivity index (χ3n) is 2.88. The Balaban J connectivity index is 1.90. The van der Waals surface area contributed by atoms with Crippen molar-refractivity contribution >= 4 is 11.6 Å². The van der Waals surface area contributed by atoms with E-state index in [1.807, 2.05) is 30.3 Å². The molecule has 2 rings (SSSR count). The molecule has 0 amide bonds. The molecular formula is C15H17ClN2O2. The van der Waals surface area contributed by atoms with Crippen molar-refractivity contribution in [2.75, 3.05) is 14.2 Å². The SMILES string of the molecule is COc1cc(CNCc2ccc(OC)c(Cl)c2)ccn1. The minimum absolute atomic E-state index is 0.622. The molecule has 0 aliphatic rings. The highest BCUT2D eigenvalue weighted by molar-refractivity contribution is 6.32. The molecule has 20 heavy (non-hydrogen) atoms. The van der Waals surface area contributed by atoms with E-state index in [0.29, 0.717) is 16.7 Å². The van der Waals surface area contributed by atoms with E-state index in [4.69, 9.17) is 21.1 Å². The zero-order valence-corrected chi connectivity index (χ0v) is 12.3. The number of methoxy groups -OCH3 is 2. The van der Waals surface area contributed by atoms with E-state index in [1.165, 1.54) is 0 Å². The molecule has 5 heteroatoms. The molecule has 0 aliphatic heterocycles. The average Bonchev–Trinajstić information content (AvgIpc) is 2.48. The Morgan fingerprint density at radius 1 is 1.05 bits per heavy atom. The number of nitrogens with zero attached hydrogens (tertiary/aromatic N) is 1. The van der Waals surface area contributed by atoms with Crippen molar-refractivity contribution in [3.05, 3.63) is 52.7 Å². The Bertz CT molecular complexity index is 576. The fourth-order valence-electron chi connectivity index (χ4n) is 1.84. The monoisotopic (exact) mass is 292 g/mol. The van der Waals surface area contributed by atoms with Crippen LogP contribution in [-0.2, 0) is 13.1 Å². The normalized spacial score (nSPS) is 10.3. The Morgan fingerprint density at radius 3 is 2.45 bits per heavy atom. The maximum atomic E-state index is 6.09. The molecule has 0 spiro atoms. The second-order valence-electron chi connectivity index (χ2n) is 4.28. The molecule has 106 valence electrons. The van der Waals surface area contributed by atoms with Crippen molar-refractivity contribution in [2.24, 2.45) is 0 Å². The van der Waals surface area contributed by atoms with Crippen molar-refractivity contribution in [3.8, 4) is 11.6 Å². The van der Waals surface area contributed by atoms with E-state index in [-0.39, 0.29) is 0 Å². The van der Waals surface area contributed by atoms with Gasteiger partial charge >= 0.3 is 0 Å². The lowest BCUT2D eigenvalue weighted by atomic mass is 10.2. The second kappa shape index (κ2) is 7.12. The largest absolute Gasteiger partial charge is 0.495 e. The van der Waals surface area contributed by atoms with Gasteiger partial charge in [0.05, 0.1) is 19.2 Å². The minimum Gasteiger partial charge on any atom is -0.495 e. The molecule has 0 fully saturated rings. The van der Waals surface area contributed by atoms with Crippen LogP contribution >= 0.6 is 11.6 Å². The van der Waals surface area contributed by atoms with E-state index in [1.54, 1.807) is 20.4 Å². The van der Waals surface area contributed by atoms with Gasteiger partial charge < -0.3 is 14.8 Å². The van der Waals surface area contributed by atoms with Gasteiger partial charge in [0, 0.05) is 25.4 Å². The first-order chi connectivity index (χ1) is 9.72. The average molecular weight is 293 g/mol. The van der Waals surface area contributed by atoms with Crippen molar-refractivity contribution < 1.29 is 9.47 Å². The molecule has 0 radical (unpaired) electrons. The van der Waals surface area contributed by atoms with Crippen molar-refractivity contribution in [1.82, 2.24) is 10.3 Å². The summed E-state index contributed by atoms with van der Waals surface area (Å²) in [6, 6.07) is 9.63. The van der Waals surface area contributed by atoms with Crippen LogP contribution in [0.25, 0.3) is 0 Å². The van der Waals surface area contributed by atoms with E-state index in [2.05, 4.69) is 10.3 Å². The Kier molecular flexibility index (Phi) is 5.21. The first-order valence-corrected chi connectivity index (χ1v) is 6.63. The van der Waals surface area contributed by atoms with E-state index in [0.717, 1.165) is 24.2 Å². The molecule has 1 heterocycles. The van der Waals surface area contributed by atoms with E-state index >= 15 is 0 Å². The van der Waals surface area contributed by atoms with E-state index in [9.17, 15) is 0 Å². The molecule has 4 nitrogen and oxygen atoms in total. The number of nitrogens with one attached hydrogen (secondary N) is 1. The summed E-state index contributed by atoms with van der Waals surface area (Å²) < 4.78 is 10.2. The summed E-state index contributed by atoms with van der Waals surface area (Å²) in [6.07, 6.45) is 1.74. The molecule has 0 unspecified atom stereocenters. The highest BCUT2D eigenvalue weighted by Gasteiger charge is 2.02. The predicted octanol–water partition coefficient (Wildman–Crippen LogP) is 3.04. The number of hydrogen-bond donors (Lipinski definition) is 1. The number of rotatable bonds is 6. The molecule has 2 aromatic rings. The van der Waals surface area contributed by atoms with Crippen LogP contribution in [0.1, 0.15) is 11.1 Å². The lowest BCUT2D eigenvalue weighted by molar-refractivity contribution is 0.397. The fraction of sp³-hybridized carbons (Fsp3) is 0.267. The molecule has 1 N–H and O–H groups in total. The van der Waals surface area contributed by atoms with Crippen LogP contribution in [0.3, 0.4) is 0 Å². The Morgan fingerprint density at radius 2 is 1.80 bits per heavy atom. The van der Waals surface area contributed by atoms with Crippen LogP contribution in [0.4, 0.5) is 0 Å². The topological polar surface area (TPSA) is 43.4 Å². The van der Waals surface area contributed by atoms with Gasteiger partial charge in [0.15, 0.2) is 0 Å². The van der Waals surface area contributed by atoms with Gasteiger partial charge in [-0.3, -0.25) is 0 Å². The number of aromatic nitrogens is 1. The molecule has 0 saturated carbocycles. The number of pyridine rings is 1. The quantitative estimate of drug-likeness (QED) is 0.889. The van der Waals surface area contributed by atoms with Crippen LogP contribution in [0, 0.1) is 0 Å². The summed E-state index contributed by atoms with van der Waals surface area (Å²) in [6.45, 7) is 1.47. The molecule has 1 aromatic carbocycles. The smallest absolute Gasteiger partial charge is 0.213 e.